The van der Waals surface area contributed by atoms with Crippen LogP contribution < -0.4 is 9.47 Å². The van der Waals surface area contributed by atoms with Crippen LogP contribution in [0.1, 0.15) is 57.6 Å². The second kappa shape index (κ2) is 13.6. The number of halogens is 2. The van der Waals surface area contributed by atoms with Gasteiger partial charge in [0.25, 0.3) is 0 Å². The van der Waals surface area contributed by atoms with Gasteiger partial charge in [-0.05, 0) is 98.1 Å². The number of ether oxygens (including phenoxy) is 2. The minimum absolute atomic E-state index is 0.187. The van der Waals surface area contributed by atoms with Gasteiger partial charge in [0.05, 0.1) is 12.3 Å². The summed E-state index contributed by atoms with van der Waals surface area (Å²) in [6, 6.07) is 3.90. The molecule has 27 heavy (non-hydrogen) atoms. The van der Waals surface area contributed by atoms with Crippen molar-refractivity contribution >= 4 is 21.6 Å². The Morgan fingerprint density at radius 2 is 1.81 bits per heavy atom. The van der Waals surface area contributed by atoms with Gasteiger partial charge in [0.2, 0.25) is 0 Å². The Bertz CT molecular complexity index is 624. The lowest BCUT2D eigenvalue weighted by molar-refractivity contribution is 0.139. The van der Waals surface area contributed by atoms with Crippen molar-refractivity contribution in [3.8, 4) is 11.5 Å². The SMILES string of the molecule is CCc1cc(OC/C=C(/F)Br)cc(C)c1OCCCCCCON=C(C)C. The number of nitrogens with zero attached hydrogens (tertiary/aromatic N) is 1. The molecule has 1 rings (SSSR count). The first-order valence-electron chi connectivity index (χ1n) is 9.47. The normalized spacial score (nSPS) is 11.3. The number of rotatable bonds is 13. The van der Waals surface area contributed by atoms with E-state index in [0.717, 1.165) is 60.4 Å². The molecule has 1 aromatic rings. The summed E-state index contributed by atoms with van der Waals surface area (Å²) >= 11 is 2.75. The summed E-state index contributed by atoms with van der Waals surface area (Å²) in [5.74, 6) is 1.66. The van der Waals surface area contributed by atoms with Crippen molar-refractivity contribution in [1.82, 2.24) is 0 Å². The molecule has 0 spiro atoms. The average molecular weight is 444 g/mol. The van der Waals surface area contributed by atoms with Crippen LogP contribution in [-0.2, 0) is 11.3 Å². The topological polar surface area (TPSA) is 40.0 Å². The van der Waals surface area contributed by atoms with Gasteiger partial charge < -0.3 is 14.3 Å². The smallest absolute Gasteiger partial charge is 0.165 e. The van der Waals surface area contributed by atoms with E-state index in [4.69, 9.17) is 14.3 Å². The molecule has 152 valence electrons. The molecule has 0 saturated carbocycles. The minimum atomic E-state index is -0.422. The Hall–Kier alpha value is -1.56. The summed E-state index contributed by atoms with van der Waals surface area (Å²) < 4.78 is 23.9. The van der Waals surface area contributed by atoms with Crippen LogP contribution in [-0.4, -0.2) is 25.5 Å². The van der Waals surface area contributed by atoms with E-state index in [9.17, 15) is 4.39 Å². The highest BCUT2D eigenvalue weighted by Gasteiger charge is 2.09. The Labute approximate surface area is 170 Å². The third-order valence-electron chi connectivity index (χ3n) is 3.82. The standard InChI is InChI=1S/C21H31BrFNO3/c1-5-18-15-19(25-13-10-20(22)23)14-17(4)21(18)26-11-8-6-7-9-12-27-24-16(2)3/h10,14-15H,5-9,11-13H2,1-4H3/b20-10+. The van der Waals surface area contributed by atoms with Crippen LogP contribution >= 0.6 is 15.9 Å². The van der Waals surface area contributed by atoms with Gasteiger partial charge in [0.15, 0.2) is 4.74 Å². The Balaban J connectivity index is 2.39. The van der Waals surface area contributed by atoms with Crippen molar-refractivity contribution in [2.24, 2.45) is 5.16 Å². The lowest BCUT2D eigenvalue weighted by Gasteiger charge is -2.15. The fraction of sp³-hybridized carbons (Fsp3) is 0.571. The highest BCUT2D eigenvalue weighted by Crippen LogP contribution is 2.30. The van der Waals surface area contributed by atoms with Crippen LogP contribution in [0.2, 0.25) is 0 Å². The predicted octanol–water partition coefficient (Wildman–Crippen LogP) is 6.49. The largest absolute Gasteiger partial charge is 0.493 e. The molecule has 0 aromatic heterocycles. The van der Waals surface area contributed by atoms with Crippen LogP contribution in [0, 0.1) is 6.92 Å². The van der Waals surface area contributed by atoms with E-state index in [1.807, 2.05) is 32.9 Å². The summed E-state index contributed by atoms with van der Waals surface area (Å²) in [5.41, 5.74) is 3.08. The van der Waals surface area contributed by atoms with E-state index in [2.05, 4.69) is 28.0 Å². The van der Waals surface area contributed by atoms with Crippen molar-refractivity contribution in [3.05, 3.63) is 34.1 Å². The van der Waals surface area contributed by atoms with Crippen molar-refractivity contribution in [3.63, 3.8) is 0 Å². The number of unbranched alkanes of at least 4 members (excludes halogenated alkanes) is 3. The van der Waals surface area contributed by atoms with Crippen molar-refractivity contribution in [2.75, 3.05) is 19.8 Å². The van der Waals surface area contributed by atoms with E-state index in [1.165, 1.54) is 6.08 Å². The van der Waals surface area contributed by atoms with Crippen molar-refractivity contribution < 1.29 is 18.7 Å². The van der Waals surface area contributed by atoms with Crippen LogP contribution in [0.3, 0.4) is 0 Å². The Morgan fingerprint density at radius 1 is 1.11 bits per heavy atom. The fourth-order valence-electron chi connectivity index (χ4n) is 2.54. The highest BCUT2D eigenvalue weighted by molar-refractivity contribution is 9.11. The molecule has 0 unspecified atom stereocenters. The van der Waals surface area contributed by atoms with Crippen LogP contribution in [0.5, 0.6) is 11.5 Å². The molecular weight excluding hydrogens is 413 g/mol. The molecule has 1 aromatic carbocycles. The average Bonchev–Trinajstić information content (AvgIpc) is 2.60. The zero-order valence-corrected chi connectivity index (χ0v) is 18.4. The molecule has 6 heteroatoms. The quantitative estimate of drug-likeness (QED) is 0.198. The van der Waals surface area contributed by atoms with Crippen LogP contribution in [0.4, 0.5) is 4.39 Å². The van der Waals surface area contributed by atoms with E-state index in [0.29, 0.717) is 13.2 Å². The molecular formula is C21H31BrFNO3. The van der Waals surface area contributed by atoms with Gasteiger partial charge in [-0.25, -0.2) is 0 Å². The molecule has 0 aliphatic rings. The van der Waals surface area contributed by atoms with E-state index in [1.54, 1.807) is 0 Å². The number of hydrogen-bond donors (Lipinski definition) is 0. The Morgan fingerprint density at radius 3 is 2.44 bits per heavy atom. The summed E-state index contributed by atoms with van der Waals surface area (Å²) in [6.07, 6.45) is 6.41. The lowest BCUT2D eigenvalue weighted by atomic mass is 10.1. The molecule has 0 saturated heterocycles. The van der Waals surface area contributed by atoms with Crippen molar-refractivity contribution in [2.45, 2.75) is 59.8 Å². The first-order valence-corrected chi connectivity index (χ1v) is 10.3. The zero-order valence-electron chi connectivity index (χ0n) is 16.8. The molecule has 0 radical (unpaired) electrons. The first kappa shape index (κ1) is 23.5. The van der Waals surface area contributed by atoms with Gasteiger partial charge >= 0.3 is 0 Å². The van der Waals surface area contributed by atoms with Gasteiger partial charge in [0, 0.05) is 0 Å². The van der Waals surface area contributed by atoms with Gasteiger partial charge in [-0.1, -0.05) is 12.1 Å². The number of aryl methyl sites for hydroxylation is 2. The second-order valence-electron chi connectivity index (χ2n) is 6.52. The third-order valence-corrected chi connectivity index (χ3v) is 4.14. The number of oxime groups is 1. The molecule has 0 heterocycles. The van der Waals surface area contributed by atoms with E-state index >= 15 is 0 Å². The maximum absolute atomic E-state index is 12.7. The van der Waals surface area contributed by atoms with Crippen LogP contribution in [0.15, 0.2) is 28.1 Å². The van der Waals surface area contributed by atoms with Crippen molar-refractivity contribution in [1.29, 1.82) is 0 Å². The lowest BCUT2D eigenvalue weighted by Crippen LogP contribution is -2.03. The summed E-state index contributed by atoms with van der Waals surface area (Å²) in [5, 5.41) is 3.92. The number of hydrogen-bond acceptors (Lipinski definition) is 4. The molecule has 0 atom stereocenters. The Kier molecular flexibility index (Phi) is 11.8. The number of benzene rings is 1. The molecule has 0 N–H and O–H groups in total. The first-order chi connectivity index (χ1) is 12.9. The minimum Gasteiger partial charge on any atom is -0.493 e. The van der Waals surface area contributed by atoms with E-state index < -0.39 is 4.74 Å². The zero-order chi connectivity index (χ0) is 20.1. The summed E-state index contributed by atoms with van der Waals surface area (Å²) in [4.78, 5) is 5.19. The summed E-state index contributed by atoms with van der Waals surface area (Å²) in [6.45, 7) is 9.48. The van der Waals surface area contributed by atoms with Gasteiger partial charge in [0.1, 0.15) is 24.7 Å². The maximum atomic E-state index is 12.7. The molecule has 0 aliphatic heterocycles. The summed E-state index contributed by atoms with van der Waals surface area (Å²) in [7, 11) is 0. The van der Waals surface area contributed by atoms with Gasteiger partial charge in [-0.3, -0.25) is 0 Å². The van der Waals surface area contributed by atoms with Crippen LogP contribution in [0.25, 0.3) is 0 Å². The second-order valence-corrected chi connectivity index (χ2v) is 7.28. The van der Waals surface area contributed by atoms with Gasteiger partial charge in [-0.15, -0.1) is 0 Å². The molecule has 4 nitrogen and oxygen atoms in total. The fourth-order valence-corrected chi connectivity index (χ4v) is 2.67. The highest BCUT2D eigenvalue weighted by atomic mass is 79.9. The molecule has 0 amide bonds. The predicted molar refractivity (Wildman–Crippen MR) is 113 cm³/mol. The third kappa shape index (κ3) is 10.4. The molecule has 0 fully saturated rings. The molecule has 0 bridgehead atoms. The van der Waals surface area contributed by atoms with E-state index in [-0.39, 0.29) is 6.61 Å². The molecule has 0 aliphatic carbocycles. The van der Waals surface area contributed by atoms with Gasteiger partial charge in [-0.2, -0.15) is 4.39 Å². The monoisotopic (exact) mass is 443 g/mol. The maximum Gasteiger partial charge on any atom is 0.165 e.